The van der Waals surface area contributed by atoms with Crippen LogP contribution in [0.25, 0.3) is 11.4 Å². The van der Waals surface area contributed by atoms with Crippen molar-refractivity contribution in [3.63, 3.8) is 0 Å². The molecule has 7 nitrogen and oxygen atoms in total. The fourth-order valence-corrected chi connectivity index (χ4v) is 3.76. The lowest BCUT2D eigenvalue weighted by Crippen LogP contribution is -2.07. The highest BCUT2D eigenvalue weighted by Gasteiger charge is 2.20. The van der Waals surface area contributed by atoms with E-state index in [1.54, 1.807) is 36.7 Å². The Bertz CT molecular complexity index is 928. The molecular formula is C17H19Cl2N5O2S. The van der Waals surface area contributed by atoms with Gasteiger partial charge in [0.2, 0.25) is 5.88 Å². The normalized spacial score (nSPS) is 11.1. The van der Waals surface area contributed by atoms with Gasteiger partial charge < -0.3 is 9.47 Å². The van der Waals surface area contributed by atoms with Crippen LogP contribution in [0.1, 0.15) is 5.56 Å². The molecule has 3 rings (SSSR count). The van der Waals surface area contributed by atoms with E-state index in [9.17, 15) is 0 Å². The quantitative estimate of drug-likeness (QED) is 0.507. The van der Waals surface area contributed by atoms with Crippen LogP contribution in [0.15, 0.2) is 29.6 Å². The lowest BCUT2D eigenvalue weighted by molar-refractivity contribution is 0.185. The summed E-state index contributed by atoms with van der Waals surface area (Å²) in [6.45, 7) is 1.15. The van der Waals surface area contributed by atoms with E-state index in [0.717, 1.165) is 16.3 Å². The van der Waals surface area contributed by atoms with Gasteiger partial charge in [-0.1, -0.05) is 41.0 Å². The third-order valence-electron chi connectivity index (χ3n) is 3.82. The molecule has 0 aliphatic rings. The summed E-state index contributed by atoms with van der Waals surface area (Å²) in [5.74, 6) is 1.88. The van der Waals surface area contributed by atoms with Crippen LogP contribution in [0.4, 0.5) is 0 Å². The molecule has 0 atom stereocenters. The van der Waals surface area contributed by atoms with Crippen molar-refractivity contribution in [2.45, 2.75) is 17.5 Å². The van der Waals surface area contributed by atoms with Crippen molar-refractivity contribution in [1.82, 2.24) is 24.5 Å². The molecule has 0 aliphatic carbocycles. The van der Waals surface area contributed by atoms with Gasteiger partial charge in [-0.15, -0.1) is 15.3 Å². The fraction of sp³-hybridized carbons (Fsp3) is 0.353. The lowest BCUT2D eigenvalue weighted by Gasteiger charge is -2.09. The highest BCUT2D eigenvalue weighted by atomic mass is 35.5. The first kappa shape index (κ1) is 20.0. The summed E-state index contributed by atoms with van der Waals surface area (Å²) in [6, 6.07) is 5.60. The van der Waals surface area contributed by atoms with Crippen molar-refractivity contribution in [3.05, 3.63) is 40.0 Å². The third-order valence-corrected chi connectivity index (χ3v) is 5.59. The van der Waals surface area contributed by atoms with Gasteiger partial charge in [0.25, 0.3) is 0 Å². The summed E-state index contributed by atoms with van der Waals surface area (Å²) in [6.07, 6.45) is 1.86. The molecular weight excluding hydrogens is 409 g/mol. The summed E-state index contributed by atoms with van der Waals surface area (Å²) >= 11 is 13.6. The second kappa shape index (κ2) is 8.97. The first-order valence-corrected chi connectivity index (χ1v) is 9.84. The first-order chi connectivity index (χ1) is 13.0. The van der Waals surface area contributed by atoms with Crippen LogP contribution in [0.3, 0.4) is 0 Å². The Hall–Kier alpha value is -1.74. The molecule has 3 aromatic rings. The van der Waals surface area contributed by atoms with E-state index in [2.05, 4.69) is 15.3 Å². The van der Waals surface area contributed by atoms with E-state index in [0.29, 0.717) is 40.7 Å². The second-order valence-electron chi connectivity index (χ2n) is 5.71. The summed E-state index contributed by atoms with van der Waals surface area (Å²) < 4.78 is 14.3. The average Bonchev–Trinajstić information content (AvgIpc) is 3.23. The number of benzene rings is 1. The molecule has 1 aromatic carbocycles. The summed E-state index contributed by atoms with van der Waals surface area (Å²) in [7, 11) is 5.08. The van der Waals surface area contributed by atoms with Crippen LogP contribution in [-0.4, -0.2) is 45.4 Å². The van der Waals surface area contributed by atoms with Crippen molar-refractivity contribution in [3.8, 4) is 17.3 Å². The maximum absolute atomic E-state index is 6.10. The van der Waals surface area contributed by atoms with Crippen LogP contribution in [0.5, 0.6) is 5.88 Å². The molecule has 0 N–H and O–H groups in total. The minimum absolute atomic E-state index is 0.504. The zero-order valence-electron chi connectivity index (χ0n) is 15.1. The summed E-state index contributed by atoms with van der Waals surface area (Å²) in [5, 5.41) is 14.9. The van der Waals surface area contributed by atoms with Crippen LogP contribution in [0.2, 0.25) is 10.0 Å². The maximum Gasteiger partial charge on any atom is 0.243 e. The SMILES string of the molecule is COCCn1c(SCc2ccc(Cl)c(Cl)c2)nnc1-c1cn(C)nc1OC. The number of rotatable bonds is 8. The van der Waals surface area contributed by atoms with Crippen LogP contribution in [0, 0.1) is 0 Å². The molecule has 144 valence electrons. The number of ether oxygens (including phenoxy) is 2. The number of halogens is 2. The second-order valence-corrected chi connectivity index (χ2v) is 7.47. The molecule has 0 saturated heterocycles. The van der Waals surface area contributed by atoms with Gasteiger partial charge in [0.15, 0.2) is 11.0 Å². The number of thioether (sulfide) groups is 1. The molecule has 2 heterocycles. The molecule has 0 spiro atoms. The van der Waals surface area contributed by atoms with Crippen molar-refractivity contribution in [2.24, 2.45) is 7.05 Å². The van der Waals surface area contributed by atoms with Gasteiger partial charge in [-0.2, -0.15) is 0 Å². The average molecular weight is 428 g/mol. The van der Waals surface area contributed by atoms with Gasteiger partial charge in [0.1, 0.15) is 5.56 Å². The molecule has 27 heavy (non-hydrogen) atoms. The number of aryl methyl sites for hydroxylation is 1. The first-order valence-electron chi connectivity index (χ1n) is 8.10. The van der Waals surface area contributed by atoms with E-state index in [4.69, 9.17) is 32.7 Å². The zero-order chi connectivity index (χ0) is 19.4. The monoisotopic (exact) mass is 427 g/mol. The zero-order valence-corrected chi connectivity index (χ0v) is 17.5. The van der Waals surface area contributed by atoms with E-state index in [1.165, 1.54) is 0 Å². The van der Waals surface area contributed by atoms with Gasteiger partial charge in [-0.05, 0) is 17.7 Å². The Balaban J connectivity index is 1.88. The number of aromatic nitrogens is 5. The Morgan fingerprint density at radius 3 is 2.67 bits per heavy atom. The minimum Gasteiger partial charge on any atom is -0.479 e. The van der Waals surface area contributed by atoms with Gasteiger partial charge in [-0.25, -0.2) is 0 Å². The van der Waals surface area contributed by atoms with Crippen molar-refractivity contribution >= 4 is 35.0 Å². The van der Waals surface area contributed by atoms with E-state index in [-0.39, 0.29) is 0 Å². The Kier molecular flexibility index (Phi) is 6.64. The van der Waals surface area contributed by atoms with E-state index < -0.39 is 0 Å². The van der Waals surface area contributed by atoms with Crippen molar-refractivity contribution in [2.75, 3.05) is 20.8 Å². The number of methoxy groups -OCH3 is 2. The predicted molar refractivity (Wildman–Crippen MR) is 107 cm³/mol. The van der Waals surface area contributed by atoms with Crippen molar-refractivity contribution < 1.29 is 9.47 Å². The Morgan fingerprint density at radius 2 is 1.96 bits per heavy atom. The number of hydrogen-bond acceptors (Lipinski definition) is 6. The largest absolute Gasteiger partial charge is 0.479 e. The van der Waals surface area contributed by atoms with Gasteiger partial charge in [-0.3, -0.25) is 9.25 Å². The molecule has 0 bridgehead atoms. The maximum atomic E-state index is 6.10. The van der Waals surface area contributed by atoms with Crippen LogP contribution >= 0.6 is 35.0 Å². The van der Waals surface area contributed by atoms with Gasteiger partial charge >= 0.3 is 0 Å². The third kappa shape index (κ3) is 4.57. The highest BCUT2D eigenvalue weighted by Crippen LogP contribution is 2.32. The van der Waals surface area contributed by atoms with Crippen LogP contribution < -0.4 is 4.74 Å². The molecule has 0 aliphatic heterocycles. The Labute approximate surface area is 171 Å². The standard InChI is InChI=1S/C17H19Cl2N5O2S/c1-23-9-12(16(22-23)26-3)15-20-21-17(24(15)6-7-25-2)27-10-11-4-5-13(18)14(19)8-11/h4-5,8-9H,6-7,10H2,1-3H3. The van der Waals surface area contributed by atoms with Crippen LogP contribution in [-0.2, 0) is 24.1 Å². The molecule has 0 fully saturated rings. The summed E-state index contributed by atoms with van der Waals surface area (Å²) in [5.41, 5.74) is 1.83. The molecule has 0 unspecified atom stereocenters. The Morgan fingerprint density at radius 1 is 1.15 bits per heavy atom. The molecule has 2 aromatic heterocycles. The number of nitrogens with zero attached hydrogens (tertiary/aromatic N) is 5. The van der Waals surface area contributed by atoms with Crippen molar-refractivity contribution in [1.29, 1.82) is 0 Å². The molecule has 0 amide bonds. The summed E-state index contributed by atoms with van der Waals surface area (Å²) in [4.78, 5) is 0. The van der Waals surface area contributed by atoms with Gasteiger partial charge in [0.05, 0.1) is 30.3 Å². The minimum atomic E-state index is 0.504. The smallest absolute Gasteiger partial charge is 0.243 e. The highest BCUT2D eigenvalue weighted by molar-refractivity contribution is 7.98. The molecule has 0 saturated carbocycles. The fourth-order valence-electron chi connectivity index (χ4n) is 2.53. The molecule has 10 heteroatoms. The van der Waals surface area contributed by atoms with E-state index >= 15 is 0 Å². The van der Waals surface area contributed by atoms with Gasteiger partial charge in [0, 0.05) is 26.1 Å². The molecule has 0 radical (unpaired) electrons. The lowest BCUT2D eigenvalue weighted by atomic mass is 10.2. The number of hydrogen-bond donors (Lipinski definition) is 0. The topological polar surface area (TPSA) is 67.0 Å². The predicted octanol–water partition coefficient (Wildman–Crippen LogP) is 3.93. The van der Waals surface area contributed by atoms with E-state index in [1.807, 2.05) is 29.9 Å².